The first-order valence-electron chi connectivity index (χ1n) is 10.9. The molecule has 2 atom stereocenters. The predicted octanol–water partition coefficient (Wildman–Crippen LogP) is 6.62. The summed E-state index contributed by atoms with van der Waals surface area (Å²) in [6.07, 6.45) is 17.3. The molecule has 0 radical (unpaired) electrons. The van der Waals surface area contributed by atoms with Gasteiger partial charge in [-0.15, -0.1) is 11.8 Å². The van der Waals surface area contributed by atoms with Crippen LogP contribution in [0, 0.1) is 5.92 Å². The Morgan fingerprint density at radius 3 is 2.47 bits per heavy atom. The summed E-state index contributed by atoms with van der Waals surface area (Å²) in [7, 11) is 0. The van der Waals surface area contributed by atoms with Crippen LogP contribution in [0.5, 0.6) is 0 Å². The SMILES string of the molecule is CC1C=CC(CSc2ccncc2)=CC1c1cc(Cc2ccncc2)cc2cccnc12. The molecule has 0 bridgehead atoms. The molecule has 1 aliphatic rings. The van der Waals surface area contributed by atoms with Gasteiger partial charge in [-0.2, -0.15) is 0 Å². The van der Waals surface area contributed by atoms with E-state index in [4.69, 9.17) is 4.98 Å². The quantitative estimate of drug-likeness (QED) is 0.319. The Bertz CT molecular complexity index is 1270. The van der Waals surface area contributed by atoms with Crippen molar-refractivity contribution < 1.29 is 0 Å². The zero-order valence-electron chi connectivity index (χ0n) is 18.1. The van der Waals surface area contributed by atoms with Gasteiger partial charge in [-0.05, 0) is 71.0 Å². The fraction of sp³-hybridized carbons (Fsp3) is 0.179. The molecule has 0 saturated carbocycles. The third-order valence-electron chi connectivity index (χ3n) is 5.94. The second-order valence-corrected chi connectivity index (χ2v) is 9.30. The second-order valence-electron chi connectivity index (χ2n) is 8.25. The van der Waals surface area contributed by atoms with Crippen LogP contribution in [-0.2, 0) is 6.42 Å². The van der Waals surface area contributed by atoms with Crippen LogP contribution in [0.1, 0.15) is 29.5 Å². The van der Waals surface area contributed by atoms with Crippen LogP contribution >= 0.6 is 11.8 Å². The second kappa shape index (κ2) is 9.49. The van der Waals surface area contributed by atoms with Crippen molar-refractivity contribution in [2.24, 2.45) is 5.92 Å². The largest absolute Gasteiger partial charge is 0.265 e. The maximum Gasteiger partial charge on any atom is 0.0740 e. The van der Waals surface area contributed by atoms with E-state index in [9.17, 15) is 0 Å². The molecule has 3 nitrogen and oxygen atoms in total. The van der Waals surface area contributed by atoms with Crippen LogP contribution in [0.2, 0.25) is 0 Å². The summed E-state index contributed by atoms with van der Waals surface area (Å²) in [5.41, 5.74) is 6.37. The fourth-order valence-corrected chi connectivity index (χ4v) is 5.12. The van der Waals surface area contributed by atoms with Crippen LogP contribution in [0.4, 0.5) is 0 Å². The zero-order chi connectivity index (χ0) is 21.8. The van der Waals surface area contributed by atoms with Crippen molar-refractivity contribution in [3.05, 3.63) is 120 Å². The standard InChI is InChI=1S/C28H25N3S/c1-20-4-5-22(19-32-25-8-13-30-14-9-25)17-26(20)27-18-23(15-21-6-11-29-12-7-21)16-24-3-2-10-31-28(24)27/h2-14,16-18,20,26H,15,19H2,1H3. The molecule has 32 heavy (non-hydrogen) atoms. The lowest BCUT2D eigenvalue weighted by Gasteiger charge is -2.25. The van der Waals surface area contributed by atoms with Gasteiger partial charge in [-0.25, -0.2) is 0 Å². The third-order valence-corrected chi connectivity index (χ3v) is 7.02. The van der Waals surface area contributed by atoms with E-state index in [2.05, 4.69) is 77.6 Å². The van der Waals surface area contributed by atoms with E-state index in [1.165, 1.54) is 32.5 Å². The first kappa shape index (κ1) is 20.7. The maximum absolute atomic E-state index is 4.78. The van der Waals surface area contributed by atoms with Gasteiger partial charge in [-0.1, -0.05) is 37.3 Å². The minimum Gasteiger partial charge on any atom is -0.265 e. The summed E-state index contributed by atoms with van der Waals surface area (Å²) in [5.74, 6) is 1.68. The molecular weight excluding hydrogens is 410 g/mol. The minimum atomic E-state index is 0.308. The van der Waals surface area contributed by atoms with Crippen molar-refractivity contribution in [1.82, 2.24) is 15.0 Å². The normalized spacial score (nSPS) is 18.0. The van der Waals surface area contributed by atoms with Gasteiger partial charge in [0.25, 0.3) is 0 Å². The van der Waals surface area contributed by atoms with E-state index in [1.807, 2.05) is 48.8 Å². The number of pyridine rings is 3. The molecule has 5 rings (SSSR count). The molecular formula is C28H25N3S. The average Bonchev–Trinajstić information content (AvgIpc) is 2.84. The monoisotopic (exact) mass is 435 g/mol. The van der Waals surface area contributed by atoms with Gasteiger partial charge in [-0.3, -0.25) is 15.0 Å². The summed E-state index contributed by atoms with van der Waals surface area (Å²) in [6, 6.07) is 17.2. The van der Waals surface area contributed by atoms with Crippen LogP contribution in [0.3, 0.4) is 0 Å². The molecule has 0 fully saturated rings. The van der Waals surface area contributed by atoms with Gasteiger partial charge >= 0.3 is 0 Å². The van der Waals surface area contributed by atoms with E-state index in [0.717, 1.165) is 17.7 Å². The number of aromatic nitrogens is 3. The van der Waals surface area contributed by atoms with Crippen LogP contribution in [0.25, 0.3) is 10.9 Å². The maximum atomic E-state index is 4.78. The molecule has 2 unspecified atom stereocenters. The highest BCUT2D eigenvalue weighted by atomic mass is 32.2. The highest BCUT2D eigenvalue weighted by Gasteiger charge is 2.22. The number of allylic oxidation sites excluding steroid dienone is 3. The fourth-order valence-electron chi connectivity index (χ4n) is 4.28. The lowest BCUT2D eigenvalue weighted by molar-refractivity contribution is 0.633. The molecule has 1 aliphatic carbocycles. The Morgan fingerprint density at radius 2 is 1.66 bits per heavy atom. The molecule has 0 amide bonds. The summed E-state index contributed by atoms with van der Waals surface area (Å²) >= 11 is 1.85. The summed E-state index contributed by atoms with van der Waals surface area (Å²) in [6.45, 7) is 2.30. The van der Waals surface area contributed by atoms with E-state index in [1.54, 1.807) is 0 Å². The Hall–Kier alpha value is -3.24. The van der Waals surface area contributed by atoms with Crippen LogP contribution < -0.4 is 0 Å². The summed E-state index contributed by atoms with van der Waals surface area (Å²) in [5, 5.41) is 1.21. The highest BCUT2D eigenvalue weighted by Crippen LogP contribution is 2.37. The van der Waals surface area contributed by atoms with Gasteiger partial charge in [0, 0.05) is 52.9 Å². The van der Waals surface area contributed by atoms with Gasteiger partial charge in [0.2, 0.25) is 0 Å². The van der Waals surface area contributed by atoms with Gasteiger partial charge in [0.05, 0.1) is 5.52 Å². The number of hydrogen-bond donors (Lipinski definition) is 0. The molecule has 3 aromatic heterocycles. The number of benzene rings is 1. The van der Waals surface area contributed by atoms with Crippen LogP contribution in [-0.4, -0.2) is 20.7 Å². The molecule has 0 spiro atoms. The smallest absolute Gasteiger partial charge is 0.0740 e. The van der Waals surface area contributed by atoms with E-state index in [-0.39, 0.29) is 0 Å². The molecule has 0 saturated heterocycles. The highest BCUT2D eigenvalue weighted by molar-refractivity contribution is 7.99. The summed E-state index contributed by atoms with van der Waals surface area (Å²) in [4.78, 5) is 14.3. The van der Waals surface area contributed by atoms with E-state index < -0.39 is 0 Å². The van der Waals surface area contributed by atoms with Crippen molar-refractivity contribution in [1.29, 1.82) is 0 Å². The molecule has 4 aromatic rings. The van der Waals surface area contributed by atoms with Crippen molar-refractivity contribution in [2.75, 3.05) is 5.75 Å². The molecule has 1 aromatic carbocycles. The van der Waals surface area contributed by atoms with E-state index >= 15 is 0 Å². The number of hydrogen-bond acceptors (Lipinski definition) is 4. The topological polar surface area (TPSA) is 38.7 Å². The lowest BCUT2D eigenvalue weighted by Crippen LogP contribution is -2.11. The van der Waals surface area contributed by atoms with Gasteiger partial charge in [0.15, 0.2) is 0 Å². The Morgan fingerprint density at radius 1 is 0.875 bits per heavy atom. The average molecular weight is 436 g/mol. The lowest BCUT2D eigenvalue weighted by atomic mass is 9.80. The molecule has 158 valence electrons. The number of rotatable bonds is 6. The Balaban J connectivity index is 1.48. The summed E-state index contributed by atoms with van der Waals surface area (Å²) < 4.78 is 0. The first-order valence-corrected chi connectivity index (χ1v) is 11.9. The third kappa shape index (κ3) is 4.66. The van der Waals surface area contributed by atoms with Crippen molar-refractivity contribution in [2.45, 2.75) is 24.2 Å². The predicted molar refractivity (Wildman–Crippen MR) is 133 cm³/mol. The molecule has 3 heterocycles. The molecule has 0 aliphatic heterocycles. The molecule has 4 heteroatoms. The van der Waals surface area contributed by atoms with Crippen molar-refractivity contribution in [3.63, 3.8) is 0 Å². The van der Waals surface area contributed by atoms with E-state index in [0.29, 0.717) is 11.8 Å². The number of fused-ring (bicyclic) bond motifs is 1. The number of thioether (sulfide) groups is 1. The number of nitrogens with zero attached hydrogens (tertiary/aromatic N) is 3. The first-order chi connectivity index (χ1) is 15.8. The van der Waals surface area contributed by atoms with Crippen molar-refractivity contribution >= 4 is 22.7 Å². The zero-order valence-corrected chi connectivity index (χ0v) is 18.9. The Kier molecular flexibility index (Phi) is 6.13. The van der Waals surface area contributed by atoms with Gasteiger partial charge < -0.3 is 0 Å². The van der Waals surface area contributed by atoms with Crippen LogP contribution in [0.15, 0.2) is 108 Å². The Labute approximate surface area is 193 Å². The minimum absolute atomic E-state index is 0.308. The van der Waals surface area contributed by atoms with Crippen molar-refractivity contribution in [3.8, 4) is 0 Å². The van der Waals surface area contributed by atoms with Gasteiger partial charge in [0.1, 0.15) is 0 Å². The molecule has 0 N–H and O–H groups in total.